The van der Waals surface area contributed by atoms with Crippen molar-refractivity contribution in [2.45, 2.75) is 10.8 Å². The molecule has 2 heterocycles. The van der Waals surface area contributed by atoms with Crippen LogP contribution >= 0.6 is 27.3 Å². The number of aromatic nitrogens is 2. The van der Waals surface area contributed by atoms with Crippen LogP contribution in [0.15, 0.2) is 26.3 Å². The van der Waals surface area contributed by atoms with Gasteiger partial charge in [-0.05, 0) is 27.4 Å². The molecule has 0 amide bonds. The van der Waals surface area contributed by atoms with Gasteiger partial charge in [-0.1, -0.05) is 0 Å². The first-order valence-corrected chi connectivity index (χ1v) is 8.06. The minimum atomic E-state index is -3.52. The molecule has 0 aliphatic carbocycles. The van der Waals surface area contributed by atoms with E-state index in [-0.39, 0.29) is 10.8 Å². The molecule has 2 aromatic heterocycles. The van der Waals surface area contributed by atoms with Crippen LogP contribution in [0.4, 0.5) is 5.82 Å². The molecule has 2 rings (SSSR count). The van der Waals surface area contributed by atoms with Crippen LogP contribution in [0.2, 0.25) is 0 Å². The Labute approximate surface area is 117 Å². The predicted molar refractivity (Wildman–Crippen MR) is 73.7 cm³/mol. The van der Waals surface area contributed by atoms with Crippen molar-refractivity contribution in [1.82, 2.24) is 14.5 Å². The molecule has 0 fully saturated rings. The van der Waals surface area contributed by atoms with Crippen molar-refractivity contribution in [2.75, 3.05) is 5.73 Å². The van der Waals surface area contributed by atoms with E-state index >= 15 is 0 Å². The maximum atomic E-state index is 12.0. The molecule has 0 saturated carbocycles. The van der Waals surface area contributed by atoms with Gasteiger partial charge in [0.05, 0.1) is 6.20 Å². The Bertz CT molecular complexity index is 662. The molecule has 0 unspecified atom stereocenters. The number of nitrogen functional groups attached to an aromatic ring is 1. The normalized spacial score (nSPS) is 11.9. The fourth-order valence-electron chi connectivity index (χ4n) is 1.34. The summed E-state index contributed by atoms with van der Waals surface area (Å²) in [6.45, 7) is 0.117. The third-order valence-corrected chi connectivity index (χ3v) is 6.42. The van der Waals surface area contributed by atoms with Gasteiger partial charge < -0.3 is 5.73 Å². The van der Waals surface area contributed by atoms with E-state index in [4.69, 9.17) is 5.73 Å². The van der Waals surface area contributed by atoms with Gasteiger partial charge in [-0.3, -0.25) is 4.68 Å². The van der Waals surface area contributed by atoms with Crippen molar-refractivity contribution in [3.05, 3.63) is 27.7 Å². The number of thiophene rings is 1. The van der Waals surface area contributed by atoms with Gasteiger partial charge in [0.15, 0.2) is 0 Å². The van der Waals surface area contributed by atoms with E-state index in [0.717, 1.165) is 11.3 Å². The number of hydrogen-bond acceptors (Lipinski definition) is 5. The standard InChI is InChI=1S/C9H11BrN4O2S2/c1-14-8(11)6(4-12-14)5-13-18(15,16)9-7(10)2-3-17-9/h2-4,13H,5,11H2,1H3. The molecule has 2 aromatic rings. The Kier molecular flexibility index (Phi) is 3.76. The number of hydrogen-bond donors (Lipinski definition) is 2. The summed E-state index contributed by atoms with van der Waals surface area (Å²) in [7, 11) is -1.83. The number of halogens is 1. The molecule has 0 atom stereocenters. The molecule has 0 bridgehead atoms. The second-order valence-electron chi connectivity index (χ2n) is 3.56. The SMILES string of the molecule is Cn1ncc(CNS(=O)(=O)c2sccc2Br)c1N. The molecule has 0 radical (unpaired) electrons. The number of rotatable bonds is 4. The summed E-state index contributed by atoms with van der Waals surface area (Å²) in [5.74, 6) is 0.447. The molecular weight excluding hydrogens is 340 g/mol. The Morgan fingerprint density at radius 3 is 2.83 bits per heavy atom. The highest BCUT2D eigenvalue weighted by Gasteiger charge is 2.19. The second-order valence-corrected chi connectivity index (χ2v) is 7.29. The highest BCUT2D eigenvalue weighted by molar-refractivity contribution is 9.10. The summed E-state index contributed by atoms with van der Waals surface area (Å²) >= 11 is 4.35. The molecular formula is C9H11BrN4O2S2. The molecule has 0 aliphatic heterocycles. The van der Waals surface area contributed by atoms with Crippen LogP contribution in [0.5, 0.6) is 0 Å². The van der Waals surface area contributed by atoms with Crippen molar-refractivity contribution in [1.29, 1.82) is 0 Å². The lowest BCUT2D eigenvalue weighted by Crippen LogP contribution is -2.23. The van der Waals surface area contributed by atoms with Gasteiger partial charge in [0, 0.05) is 23.6 Å². The first kappa shape index (κ1) is 13.5. The third-order valence-electron chi connectivity index (χ3n) is 2.35. The van der Waals surface area contributed by atoms with E-state index in [2.05, 4.69) is 25.8 Å². The number of nitrogens with two attached hydrogens (primary N) is 1. The molecule has 6 nitrogen and oxygen atoms in total. The van der Waals surface area contributed by atoms with E-state index < -0.39 is 10.0 Å². The van der Waals surface area contributed by atoms with E-state index in [1.54, 1.807) is 24.7 Å². The van der Waals surface area contributed by atoms with E-state index in [0.29, 0.717) is 15.9 Å². The molecule has 0 saturated heterocycles. The summed E-state index contributed by atoms with van der Waals surface area (Å²) in [5, 5.41) is 5.65. The van der Waals surface area contributed by atoms with Gasteiger partial charge in [-0.15, -0.1) is 11.3 Å². The molecule has 3 N–H and O–H groups in total. The molecule has 18 heavy (non-hydrogen) atoms. The molecule has 9 heteroatoms. The van der Waals surface area contributed by atoms with Crippen molar-refractivity contribution in [2.24, 2.45) is 7.05 Å². The van der Waals surface area contributed by atoms with Crippen LogP contribution in [-0.4, -0.2) is 18.2 Å². The zero-order valence-corrected chi connectivity index (χ0v) is 12.6. The summed E-state index contributed by atoms with van der Waals surface area (Å²) in [6, 6.07) is 1.69. The summed E-state index contributed by atoms with van der Waals surface area (Å²) in [6.07, 6.45) is 1.54. The molecule has 0 aromatic carbocycles. The monoisotopic (exact) mass is 350 g/mol. The van der Waals surface area contributed by atoms with Gasteiger partial charge in [-0.2, -0.15) is 5.10 Å². The van der Waals surface area contributed by atoms with Crippen LogP contribution in [0, 0.1) is 0 Å². The van der Waals surface area contributed by atoms with Crippen molar-refractivity contribution < 1.29 is 8.42 Å². The summed E-state index contributed by atoms with van der Waals surface area (Å²) < 4.78 is 28.8. The molecule has 98 valence electrons. The first-order valence-electron chi connectivity index (χ1n) is 4.91. The lowest BCUT2D eigenvalue weighted by Gasteiger charge is -2.05. The zero-order valence-electron chi connectivity index (χ0n) is 9.42. The number of anilines is 1. The Morgan fingerprint density at radius 1 is 1.61 bits per heavy atom. The van der Waals surface area contributed by atoms with Gasteiger partial charge >= 0.3 is 0 Å². The van der Waals surface area contributed by atoms with Gasteiger partial charge in [0.25, 0.3) is 10.0 Å². The van der Waals surface area contributed by atoms with Crippen LogP contribution in [-0.2, 0) is 23.6 Å². The first-order chi connectivity index (χ1) is 8.42. The van der Waals surface area contributed by atoms with Gasteiger partial charge in [0.2, 0.25) is 0 Å². The Morgan fingerprint density at radius 2 is 2.33 bits per heavy atom. The highest BCUT2D eigenvalue weighted by Crippen LogP contribution is 2.27. The molecule has 0 spiro atoms. The van der Waals surface area contributed by atoms with Gasteiger partial charge in [-0.25, -0.2) is 13.1 Å². The van der Waals surface area contributed by atoms with Gasteiger partial charge in [0.1, 0.15) is 10.0 Å². The average molecular weight is 351 g/mol. The minimum Gasteiger partial charge on any atom is -0.384 e. The maximum Gasteiger partial charge on any atom is 0.251 e. The van der Waals surface area contributed by atoms with Crippen molar-refractivity contribution in [3.8, 4) is 0 Å². The van der Waals surface area contributed by atoms with Crippen molar-refractivity contribution >= 4 is 43.1 Å². The number of nitrogens with zero attached hydrogens (tertiary/aromatic N) is 2. The van der Waals surface area contributed by atoms with E-state index in [1.807, 2.05) is 0 Å². The van der Waals surface area contributed by atoms with Crippen LogP contribution in [0.1, 0.15) is 5.56 Å². The summed E-state index contributed by atoms with van der Waals surface area (Å²) in [5.41, 5.74) is 6.39. The average Bonchev–Trinajstić information content (AvgIpc) is 2.86. The Hall–Kier alpha value is -0.900. The topological polar surface area (TPSA) is 90.0 Å². The second kappa shape index (κ2) is 5.00. The highest BCUT2D eigenvalue weighted by atomic mass is 79.9. The fourth-order valence-corrected chi connectivity index (χ4v) is 4.73. The largest absolute Gasteiger partial charge is 0.384 e. The number of nitrogens with one attached hydrogen (secondary N) is 1. The summed E-state index contributed by atoms with van der Waals surface area (Å²) in [4.78, 5) is 0. The lowest BCUT2D eigenvalue weighted by molar-refractivity contribution is 0.583. The maximum absolute atomic E-state index is 12.0. The van der Waals surface area contributed by atoms with E-state index in [1.165, 1.54) is 4.68 Å². The predicted octanol–water partition coefficient (Wildman–Crippen LogP) is 1.30. The van der Waals surface area contributed by atoms with Crippen LogP contribution < -0.4 is 10.5 Å². The van der Waals surface area contributed by atoms with Crippen molar-refractivity contribution in [3.63, 3.8) is 0 Å². The Balaban J connectivity index is 2.16. The third kappa shape index (κ3) is 2.58. The number of sulfonamides is 1. The van der Waals surface area contributed by atoms with E-state index in [9.17, 15) is 8.42 Å². The smallest absolute Gasteiger partial charge is 0.251 e. The fraction of sp³-hybridized carbons (Fsp3) is 0.222. The molecule has 0 aliphatic rings. The zero-order chi connectivity index (χ0) is 13.3. The minimum absolute atomic E-state index is 0.117. The van der Waals surface area contributed by atoms with Crippen LogP contribution in [0.3, 0.4) is 0 Å². The van der Waals surface area contributed by atoms with Crippen LogP contribution in [0.25, 0.3) is 0 Å². The quantitative estimate of drug-likeness (QED) is 0.869. The number of aryl methyl sites for hydroxylation is 1. The lowest BCUT2D eigenvalue weighted by atomic mass is 10.3.